The third-order valence-corrected chi connectivity index (χ3v) is 5.01. The lowest BCUT2D eigenvalue weighted by molar-refractivity contribution is -0.123. The van der Waals surface area contributed by atoms with E-state index in [2.05, 4.69) is 15.2 Å². The van der Waals surface area contributed by atoms with E-state index < -0.39 is 5.82 Å². The number of H-pyrrole nitrogens is 1. The number of hydrogen-bond donors (Lipinski definition) is 1. The van der Waals surface area contributed by atoms with E-state index in [1.165, 1.54) is 12.1 Å². The largest absolute Gasteiger partial charge is 0.297 e. The van der Waals surface area contributed by atoms with Crippen LogP contribution in [0.3, 0.4) is 0 Å². The summed E-state index contributed by atoms with van der Waals surface area (Å²) in [6.45, 7) is 0.625. The van der Waals surface area contributed by atoms with Gasteiger partial charge in [-0.3, -0.25) is 19.8 Å². The number of amides is 1. The third-order valence-electron chi connectivity index (χ3n) is 5.01. The molecule has 1 aliphatic rings. The molecule has 0 bridgehead atoms. The Hall–Kier alpha value is -3.53. The van der Waals surface area contributed by atoms with Crippen LogP contribution in [0.25, 0.3) is 11.3 Å². The Morgan fingerprint density at radius 1 is 1.25 bits per heavy atom. The van der Waals surface area contributed by atoms with Crippen molar-refractivity contribution >= 4 is 11.7 Å². The molecule has 1 amide bonds. The number of benzene rings is 1. The minimum Gasteiger partial charge on any atom is -0.297 e. The van der Waals surface area contributed by atoms with Crippen LogP contribution in [0, 0.1) is 23.1 Å². The van der Waals surface area contributed by atoms with E-state index in [4.69, 9.17) is 5.26 Å². The molecule has 1 fully saturated rings. The summed E-state index contributed by atoms with van der Waals surface area (Å²) in [5.74, 6) is -0.0697. The normalized spacial score (nSPS) is 16.8. The fraction of sp³-hybridized carbons (Fsp3) is 0.238. The van der Waals surface area contributed by atoms with Gasteiger partial charge in [0.05, 0.1) is 11.3 Å². The van der Waals surface area contributed by atoms with E-state index in [0.29, 0.717) is 18.8 Å². The number of aromatic amines is 1. The summed E-state index contributed by atoms with van der Waals surface area (Å²) in [4.78, 5) is 18.8. The van der Waals surface area contributed by atoms with Crippen molar-refractivity contribution in [3.63, 3.8) is 0 Å². The monoisotopic (exact) mass is 375 g/mol. The van der Waals surface area contributed by atoms with Gasteiger partial charge in [-0.2, -0.15) is 10.4 Å². The van der Waals surface area contributed by atoms with Crippen LogP contribution < -0.4 is 4.90 Å². The summed E-state index contributed by atoms with van der Waals surface area (Å²) in [6.07, 6.45) is 5.51. The number of nitriles is 1. The van der Waals surface area contributed by atoms with Crippen LogP contribution in [0.4, 0.5) is 10.2 Å². The maximum absolute atomic E-state index is 13.5. The molecule has 1 saturated heterocycles. The van der Waals surface area contributed by atoms with Crippen molar-refractivity contribution in [2.24, 2.45) is 5.92 Å². The lowest BCUT2D eigenvalue weighted by Gasteiger charge is -2.31. The highest BCUT2D eigenvalue weighted by molar-refractivity contribution is 5.95. The number of pyridine rings is 1. The fourth-order valence-corrected chi connectivity index (χ4v) is 3.57. The summed E-state index contributed by atoms with van der Waals surface area (Å²) in [5, 5.41) is 16.3. The van der Waals surface area contributed by atoms with E-state index in [1.807, 2.05) is 24.3 Å². The Morgan fingerprint density at radius 2 is 2.07 bits per heavy atom. The number of carbonyl (C=O) groups excluding carboxylic acids is 1. The first kappa shape index (κ1) is 17.9. The van der Waals surface area contributed by atoms with Gasteiger partial charge in [0.2, 0.25) is 5.91 Å². The van der Waals surface area contributed by atoms with E-state index in [1.54, 1.807) is 23.4 Å². The Morgan fingerprint density at radius 3 is 2.86 bits per heavy atom. The lowest BCUT2D eigenvalue weighted by Crippen LogP contribution is -2.42. The van der Waals surface area contributed by atoms with Crippen LogP contribution in [-0.2, 0) is 11.2 Å². The third kappa shape index (κ3) is 3.49. The van der Waals surface area contributed by atoms with Gasteiger partial charge in [-0.05, 0) is 49.1 Å². The maximum atomic E-state index is 13.5. The summed E-state index contributed by atoms with van der Waals surface area (Å²) in [5.41, 5.74) is 2.48. The predicted octanol–water partition coefficient (Wildman–Crippen LogP) is 3.47. The molecule has 6 nitrogen and oxygen atoms in total. The Kier molecular flexibility index (Phi) is 4.85. The van der Waals surface area contributed by atoms with Crippen LogP contribution in [0.1, 0.15) is 24.0 Å². The van der Waals surface area contributed by atoms with Gasteiger partial charge < -0.3 is 0 Å². The minimum atomic E-state index is -0.538. The average molecular weight is 375 g/mol. The predicted molar refractivity (Wildman–Crippen MR) is 102 cm³/mol. The summed E-state index contributed by atoms with van der Waals surface area (Å²) in [7, 11) is 0. The van der Waals surface area contributed by atoms with Gasteiger partial charge in [0.15, 0.2) is 0 Å². The molecule has 1 aromatic carbocycles. The highest BCUT2D eigenvalue weighted by Crippen LogP contribution is 2.28. The first-order valence-corrected chi connectivity index (χ1v) is 9.11. The van der Waals surface area contributed by atoms with E-state index >= 15 is 0 Å². The number of piperidine rings is 1. The van der Waals surface area contributed by atoms with Gasteiger partial charge in [-0.1, -0.05) is 6.07 Å². The van der Waals surface area contributed by atoms with Crippen molar-refractivity contribution in [2.45, 2.75) is 19.3 Å². The summed E-state index contributed by atoms with van der Waals surface area (Å²) < 4.78 is 13.5. The quantitative estimate of drug-likeness (QED) is 0.757. The number of aromatic nitrogens is 3. The molecular formula is C21H18FN5O. The number of carbonyl (C=O) groups is 1. The Bertz CT molecular complexity index is 1040. The van der Waals surface area contributed by atoms with Gasteiger partial charge >= 0.3 is 0 Å². The SMILES string of the molecule is N#Cc1cc(C[C@H]2CCCN(c3cc(-c4ccncc4)n[nH]3)C2=O)ccc1F. The van der Waals surface area contributed by atoms with Crippen molar-refractivity contribution in [1.82, 2.24) is 15.2 Å². The second-order valence-electron chi connectivity index (χ2n) is 6.83. The topological polar surface area (TPSA) is 85.7 Å². The Labute approximate surface area is 161 Å². The molecule has 1 atom stereocenters. The number of nitrogens with one attached hydrogen (secondary N) is 1. The molecule has 1 aliphatic heterocycles. The first-order chi connectivity index (χ1) is 13.7. The van der Waals surface area contributed by atoms with Gasteiger partial charge in [-0.25, -0.2) is 4.39 Å². The highest BCUT2D eigenvalue weighted by Gasteiger charge is 2.31. The first-order valence-electron chi connectivity index (χ1n) is 9.11. The van der Waals surface area contributed by atoms with Gasteiger partial charge in [0, 0.05) is 36.5 Å². The fourth-order valence-electron chi connectivity index (χ4n) is 3.57. The molecule has 140 valence electrons. The smallest absolute Gasteiger partial charge is 0.231 e. The number of nitrogens with zero attached hydrogens (tertiary/aromatic N) is 4. The van der Waals surface area contributed by atoms with Crippen molar-refractivity contribution in [3.8, 4) is 17.3 Å². The molecule has 28 heavy (non-hydrogen) atoms. The zero-order valence-corrected chi connectivity index (χ0v) is 15.1. The van der Waals surface area contributed by atoms with Crippen molar-refractivity contribution in [2.75, 3.05) is 11.4 Å². The van der Waals surface area contributed by atoms with Crippen LogP contribution in [-0.4, -0.2) is 27.6 Å². The second-order valence-corrected chi connectivity index (χ2v) is 6.83. The minimum absolute atomic E-state index is 0.00757. The van der Waals surface area contributed by atoms with E-state index in [-0.39, 0.29) is 17.4 Å². The van der Waals surface area contributed by atoms with Crippen molar-refractivity contribution in [3.05, 3.63) is 65.7 Å². The molecule has 1 N–H and O–H groups in total. The number of halogens is 1. The maximum Gasteiger partial charge on any atom is 0.231 e. The molecule has 7 heteroatoms. The van der Waals surface area contributed by atoms with E-state index in [9.17, 15) is 9.18 Å². The lowest BCUT2D eigenvalue weighted by atomic mass is 9.90. The van der Waals surface area contributed by atoms with Crippen LogP contribution in [0.2, 0.25) is 0 Å². The van der Waals surface area contributed by atoms with Crippen LogP contribution >= 0.6 is 0 Å². The molecular weight excluding hydrogens is 357 g/mol. The summed E-state index contributed by atoms with van der Waals surface area (Å²) >= 11 is 0. The molecule has 0 saturated carbocycles. The number of anilines is 1. The second kappa shape index (κ2) is 7.61. The number of rotatable bonds is 4. The molecule has 0 spiro atoms. The highest BCUT2D eigenvalue weighted by atomic mass is 19.1. The van der Waals surface area contributed by atoms with E-state index in [0.717, 1.165) is 29.7 Å². The Balaban J connectivity index is 1.52. The standard InChI is InChI=1S/C21H18FN5O/c22-18-4-3-14(11-17(18)13-23)10-16-2-1-9-27(21(16)28)20-12-19(25-26-20)15-5-7-24-8-6-15/h3-8,11-12,16H,1-2,9-10H2,(H,25,26)/t16-/m1/s1. The van der Waals surface area contributed by atoms with Crippen molar-refractivity contribution < 1.29 is 9.18 Å². The molecule has 3 heterocycles. The zero-order chi connectivity index (χ0) is 19.5. The average Bonchev–Trinajstić information content (AvgIpc) is 3.21. The molecule has 3 aromatic rings. The molecule has 4 rings (SSSR count). The van der Waals surface area contributed by atoms with Crippen LogP contribution in [0.15, 0.2) is 48.8 Å². The molecule has 0 unspecified atom stereocenters. The molecule has 0 radical (unpaired) electrons. The zero-order valence-electron chi connectivity index (χ0n) is 15.1. The molecule has 2 aromatic heterocycles. The molecule has 0 aliphatic carbocycles. The van der Waals surface area contributed by atoms with Gasteiger partial charge in [0.1, 0.15) is 17.7 Å². The van der Waals surface area contributed by atoms with Crippen LogP contribution in [0.5, 0.6) is 0 Å². The van der Waals surface area contributed by atoms with Crippen molar-refractivity contribution in [1.29, 1.82) is 5.26 Å². The van der Waals surface area contributed by atoms with Gasteiger partial charge in [-0.15, -0.1) is 0 Å². The van der Waals surface area contributed by atoms with Gasteiger partial charge in [0.25, 0.3) is 0 Å². The number of hydrogen-bond acceptors (Lipinski definition) is 4. The summed E-state index contributed by atoms with van der Waals surface area (Å²) in [6, 6.07) is 11.9.